The molecule has 0 spiro atoms. The van der Waals surface area contributed by atoms with Crippen molar-refractivity contribution in [1.82, 2.24) is 10.0 Å². The summed E-state index contributed by atoms with van der Waals surface area (Å²) < 4.78 is 31.5. The molecule has 0 saturated carbocycles. The van der Waals surface area contributed by atoms with Crippen molar-refractivity contribution in [3.8, 4) is 0 Å². The summed E-state index contributed by atoms with van der Waals surface area (Å²) in [4.78, 5) is 12.0. The van der Waals surface area contributed by atoms with E-state index in [1.807, 2.05) is 6.92 Å². The lowest BCUT2D eigenvalue weighted by atomic mass is 10.2. The number of nitrogens with one attached hydrogen (secondary N) is 2. The highest BCUT2D eigenvalue weighted by molar-refractivity contribution is 7.89. The van der Waals surface area contributed by atoms with E-state index < -0.39 is 10.0 Å². The van der Waals surface area contributed by atoms with Gasteiger partial charge in [0.1, 0.15) is 0 Å². The zero-order chi connectivity index (χ0) is 15.7. The predicted octanol–water partition coefficient (Wildman–Crippen LogP) is 1.14. The van der Waals surface area contributed by atoms with E-state index in [4.69, 9.17) is 4.74 Å². The number of hydrogen-bond donors (Lipinski definition) is 2. The molecule has 0 aliphatic carbocycles. The summed E-state index contributed by atoms with van der Waals surface area (Å²) >= 11 is 0. The molecule has 0 atom stereocenters. The molecule has 1 amide bonds. The van der Waals surface area contributed by atoms with E-state index in [2.05, 4.69) is 10.0 Å². The second kappa shape index (κ2) is 8.76. The standard InChI is InChI=1S/C14H22N2O4S/c1-3-4-8-16-21(18,19)13-7-5-6-12(11-13)14(17)15-9-10-20-2/h5-7,11,16H,3-4,8-10H2,1-2H3,(H,15,17). The Hall–Kier alpha value is -1.44. The maximum absolute atomic E-state index is 12.1. The fourth-order valence-corrected chi connectivity index (χ4v) is 2.76. The van der Waals surface area contributed by atoms with Gasteiger partial charge < -0.3 is 10.1 Å². The number of rotatable bonds is 9. The maximum Gasteiger partial charge on any atom is 0.251 e. The van der Waals surface area contributed by atoms with Crippen molar-refractivity contribution in [3.63, 3.8) is 0 Å². The molecule has 0 bridgehead atoms. The van der Waals surface area contributed by atoms with Crippen LogP contribution < -0.4 is 10.0 Å². The zero-order valence-corrected chi connectivity index (χ0v) is 13.2. The van der Waals surface area contributed by atoms with Gasteiger partial charge in [-0.1, -0.05) is 19.4 Å². The summed E-state index contributed by atoms with van der Waals surface area (Å²) in [5.74, 6) is -0.322. The minimum absolute atomic E-state index is 0.0954. The maximum atomic E-state index is 12.1. The fraction of sp³-hybridized carbons (Fsp3) is 0.500. The van der Waals surface area contributed by atoms with Crippen molar-refractivity contribution < 1.29 is 17.9 Å². The number of sulfonamides is 1. The molecule has 0 fully saturated rings. The second-order valence-electron chi connectivity index (χ2n) is 4.53. The van der Waals surface area contributed by atoms with Crippen LogP contribution in [-0.4, -0.2) is 41.1 Å². The van der Waals surface area contributed by atoms with Gasteiger partial charge in [0.25, 0.3) is 5.91 Å². The summed E-state index contributed by atoms with van der Waals surface area (Å²) in [6.45, 7) is 3.16. The van der Waals surface area contributed by atoms with Gasteiger partial charge in [-0.25, -0.2) is 13.1 Å². The van der Waals surface area contributed by atoms with Crippen LogP contribution in [0.25, 0.3) is 0 Å². The summed E-state index contributed by atoms with van der Waals surface area (Å²) in [6.07, 6.45) is 1.68. The van der Waals surface area contributed by atoms with E-state index in [-0.39, 0.29) is 10.8 Å². The Morgan fingerprint density at radius 3 is 2.71 bits per heavy atom. The Bertz CT molecular complexity index is 558. The molecule has 21 heavy (non-hydrogen) atoms. The summed E-state index contributed by atoms with van der Waals surface area (Å²) in [6, 6.07) is 5.98. The lowest BCUT2D eigenvalue weighted by Gasteiger charge is -2.08. The lowest BCUT2D eigenvalue weighted by Crippen LogP contribution is -2.28. The van der Waals surface area contributed by atoms with Gasteiger partial charge in [0.15, 0.2) is 0 Å². The summed E-state index contributed by atoms with van der Waals surface area (Å²) in [7, 11) is -2.03. The van der Waals surface area contributed by atoms with Crippen molar-refractivity contribution in [2.24, 2.45) is 0 Å². The van der Waals surface area contributed by atoms with Crippen LogP contribution in [0.1, 0.15) is 30.1 Å². The average molecular weight is 314 g/mol. The quantitative estimate of drug-likeness (QED) is 0.670. The average Bonchev–Trinajstić information content (AvgIpc) is 2.47. The molecule has 0 saturated heterocycles. The van der Waals surface area contributed by atoms with Crippen molar-refractivity contribution >= 4 is 15.9 Å². The SMILES string of the molecule is CCCCNS(=O)(=O)c1cccc(C(=O)NCCOC)c1. The van der Waals surface area contributed by atoms with Crippen LogP contribution in [-0.2, 0) is 14.8 Å². The normalized spacial score (nSPS) is 11.3. The molecular formula is C14H22N2O4S. The fourth-order valence-electron chi connectivity index (χ4n) is 1.64. The van der Waals surface area contributed by atoms with E-state index in [0.29, 0.717) is 25.3 Å². The molecule has 7 heteroatoms. The zero-order valence-electron chi connectivity index (χ0n) is 12.4. The molecule has 0 radical (unpaired) electrons. The van der Waals surface area contributed by atoms with Gasteiger partial charge in [-0.2, -0.15) is 0 Å². The van der Waals surface area contributed by atoms with Gasteiger partial charge in [0.2, 0.25) is 10.0 Å². The molecule has 0 aliphatic rings. The molecule has 0 unspecified atom stereocenters. The van der Waals surface area contributed by atoms with E-state index in [0.717, 1.165) is 12.8 Å². The number of benzene rings is 1. The number of hydrogen-bond acceptors (Lipinski definition) is 4. The van der Waals surface area contributed by atoms with E-state index >= 15 is 0 Å². The molecule has 118 valence electrons. The Labute approximate surface area is 125 Å². The predicted molar refractivity (Wildman–Crippen MR) is 80.7 cm³/mol. The van der Waals surface area contributed by atoms with E-state index in [1.165, 1.54) is 12.1 Å². The van der Waals surface area contributed by atoms with Gasteiger partial charge in [-0.05, 0) is 24.6 Å². The number of ether oxygens (including phenoxy) is 1. The second-order valence-corrected chi connectivity index (χ2v) is 6.29. The minimum Gasteiger partial charge on any atom is -0.383 e. The van der Waals surface area contributed by atoms with Crippen LogP contribution in [0.15, 0.2) is 29.2 Å². The first kappa shape index (κ1) is 17.6. The molecule has 1 aromatic rings. The van der Waals surface area contributed by atoms with E-state index in [9.17, 15) is 13.2 Å². The Balaban J connectivity index is 2.77. The smallest absolute Gasteiger partial charge is 0.251 e. The number of amides is 1. The van der Waals surface area contributed by atoms with Crippen molar-refractivity contribution in [2.75, 3.05) is 26.8 Å². The summed E-state index contributed by atoms with van der Waals surface area (Å²) in [5, 5.41) is 2.65. The molecule has 0 aliphatic heterocycles. The van der Waals surface area contributed by atoms with Gasteiger partial charge in [0.05, 0.1) is 11.5 Å². The van der Waals surface area contributed by atoms with E-state index in [1.54, 1.807) is 19.2 Å². The van der Waals surface area contributed by atoms with Crippen LogP contribution in [0.3, 0.4) is 0 Å². The number of carbonyl (C=O) groups is 1. The van der Waals surface area contributed by atoms with Crippen molar-refractivity contribution in [2.45, 2.75) is 24.7 Å². The number of carbonyl (C=O) groups excluding carboxylic acids is 1. The Morgan fingerprint density at radius 2 is 2.05 bits per heavy atom. The van der Waals surface area contributed by atoms with Gasteiger partial charge >= 0.3 is 0 Å². The molecule has 2 N–H and O–H groups in total. The van der Waals surface area contributed by atoms with Crippen LogP contribution in [0.4, 0.5) is 0 Å². The van der Waals surface area contributed by atoms with Gasteiger partial charge in [-0.3, -0.25) is 4.79 Å². The third-order valence-corrected chi connectivity index (χ3v) is 4.28. The molecule has 1 aromatic carbocycles. The van der Waals surface area contributed by atoms with Crippen molar-refractivity contribution in [3.05, 3.63) is 29.8 Å². The largest absolute Gasteiger partial charge is 0.383 e. The highest BCUT2D eigenvalue weighted by Crippen LogP contribution is 2.11. The first-order valence-electron chi connectivity index (χ1n) is 6.88. The monoisotopic (exact) mass is 314 g/mol. The van der Waals surface area contributed by atoms with Gasteiger partial charge in [-0.15, -0.1) is 0 Å². The highest BCUT2D eigenvalue weighted by atomic mass is 32.2. The third-order valence-electron chi connectivity index (χ3n) is 2.82. The van der Waals surface area contributed by atoms with Crippen LogP contribution in [0.5, 0.6) is 0 Å². The molecule has 0 heterocycles. The first-order chi connectivity index (χ1) is 10.0. The number of unbranched alkanes of at least 4 members (excludes halogenated alkanes) is 1. The van der Waals surface area contributed by atoms with Crippen LogP contribution in [0.2, 0.25) is 0 Å². The summed E-state index contributed by atoms with van der Waals surface area (Å²) in [5.41, 5.74) is 0.310. The van der Waals surface area contributed by atoms with Crippen LogP contribution in [0, 0.1) is 0 Å². The molecule has 1 rings (SSSR count). The number of methoxy groups -OCH3 is 1. The first-order valence-corrected chi connectivity index (χ1v) is 8.36. The molecule has 0 aromatic heterocycles. The van der Waals surface area contributed by atoms with Crippen molar-refractivity contribution in [1.29, 1.82) is 0 Å². The molecular weight excluding hydrogens is 292 g/mol. The van der Waals surface area contributed by atoms with Gasteiger partial charge in [0, 0.05) is 25.8 Å². The minimum atomic E-state index is -3.57. The Morgan fingerprint density at radius 1 is 1.29 bits per heavy atom. The lowest BCUT2D eigenvalue weighted by molar-refractivity contribution is 0.0937. The third kappa shape index (κ3) is 5.82. The topological polar surface area (TPSA) is 84.5 Å². The Kier molecular flexibility index (Phi) is 7.35. The van der Waals surface area contributed by atoms with Crippen LogP contribution >= 0.6 is 0 Å². The molecule has 6 nitrogen and oxygen atoms in total. The highest BCUT2D eigenvalue weighted by Gasteiger charge is 2.15.